The zero-order valence-electron chi connectivity index (χ0n) is 14.9. The number of ketones is 1. The van der Waals surface area contributed by atoms with Gasteiger partial charge >= 0.3 is 0 Å². The summed E-state index contributed by atoms with van der Waals surface area (Å²) in [7, 11) is 0. The Kier molecular flexibility index (Phi) is 4.84. The maximum Gasteiger partial charge on any atom is 0.261 e. The third kappa shape index (κ3) is 3.62. The molecule has 0 spiro atoms. The number of benzene rings is 2. The van der Waals surface area contributed by atoms with E-state index >= 15 is 0 Å². The second kappa shape index (κ2) is 7.44. The quantitative estimate of drug-likeness (QED) is 0.701. The van der Waals surface area contributed by atoms with Gasteiger partial charge in [-0.3, -0.25) is 14.4 Å². The third-order valence-corrected chi connectivity index (χ3v) is 5.14. The Labute approximate surface area is 166 Å². The highest BCUT2D eigenvalue weighted by Crippen LogP contribution is 2.31. The van der Waals surface area contributed by atoms with Crippen molar-refractivity contribution >= 4 is 29.0 Å². The van der Waals surface area contributed by atoms with Crippen LogP contribution in [0.1, 0.15) is 44.3 Å². The summed E-state index contributed by atoms with van der Waals surface area (Å²) in [4.78, 5) is 40.5. The van der Waals surface area contributed by atoms with Crippen LogP contribution >= 0.6 is 11.6 Å². The van der Waals surface area contributed by atoms with Crippen LogP contribution in [-0.4, -0.2) is 16.7 Å². The standard InChI is InChI=1S/C22H17ClN2O3/c23-15-7-4-8-16(11-15)24-21(27)18-12-17-19(25-22(18)28)9-14(10-20(17)26)13-5-2-1-3-6-13/h1-8,11-12,14H,9-10H2,(H,24,27)(H,25,28)/t14-/m0/s1. The first kappa shape index (κ1) is 18.2. The van der Waals surface area contributed by atoms with Gasteiger partial charge in [0.1, 0.15) is 5.56 Å². The fraction of sp³-hybridized carbons (Fsp3) is 0.136. The largest absolute Gasteiger partial charge is 0.325 e. The van der Waals surface area contributed by atoms with Crippen LogP contribution in [0.25, 0.3) is 0 Å². The molecule has 2 aromatic carbocycles. The number of amides is 1. The van der Waals surface area contributed by atoms with Crippen molar-refractivity contribution in [1.29, 1.82) is 0 Å². The topological polar surface area (TPSA) is 79.0 Å². The molecule has 3 aromatic rings. The van der Waals surface area contributed by atoms with E-state index in [2.05, 4.69) is 10.3 Å². The van der Waals surface area contributed by atoms with Gasteiger partial charge in [0.05, 0.1) is 0 Å². The number of nitrogens with one attached hydrogen (secondary N) is 2. The molecule has 2 N–H and O–H groups in total. The van der Waals surface area contributed by atoms with Gasteiger partial charge in [-0.05, 0) is 42.2 Å². The molecule has 140 valence electrons. The first-order chi connectivity index (χ1) is 13.5. The SMILES string of the molecule is O=C1C[C@@H](c2ccccc2)Cc2[nH]c(=O)c(C(=O)Nc3cccc(Cl)c3)cc21. The van der Waals surface area contributed by atoms with Crippen molar-refractivity contribution in [2.45, 2.75) is 18.8 Å². The lowest BCUT2D eigenvalue weighted by Gasteiger charge is -2.24. The van der Waals surface area contributed by atoms with Crippen molar-refractivity contribution in [2.24, 2.45) is 0 Å². The van der Waals surface area contributed by atoms with E-state index in [0.29, 0.717) is 34.8 Å². The van der Waals surface area contributed by atoms with E-state index in [1.807, 2.05) is 30.3 Å². The number of fused-ring (bicyclic) bond motifs is 1. The summed E-state index contributed by atoms with van der Waals surface area (Å²) in [5.74, 6) is -0.643. The number of H-pyrrole nitrogens is 1. The van der Waals surface area contributed by atoms with Gasteiger partial charge < -0.3 is 10.3 Å². The van der Waals surface area contributed by atoms with Crippen molar-refractivity contribution < 1.29 is 9.59 Å². The van der Waals surface area contributed by atoms with Gasteiger partial charge in [0.2, 0.25) is 0 Å². The predicted molar refractivity (Wildman–Crippen MR) is 108 cm³/mol. The van der Waals surface area contributed by atoms with Crippen molar-refractivity contribution in [3.05, 3.63) is 98.4 Å². The Morgan fingerprint density at radius 3 is 2.54 bits per heavy atom. The number of Topliss-reactive ketones (excluding diaryl/α,β-unsaturated/α-hetero) is 1. The molecule has 0 saturated heterocycles. The Morgan fingerprint density at radius 2 is 1.79 bits per heavy atom. The molecule has 0 aliphatic heterocycles. The van der Waals surface area contributed by atoms with Crippen LogP contribution in [0, 0.1) is 0 Å². The lowest BCUT2D eigenvalue weighted by molar-refractivity contribution is 0.0963. The lowest BCUT2D eigenvalue weighted by Crippen LogP contribution is -2.29. The monoisotopic (exact) mass is 392 g/mol. The molecule has 0 radical (unpaired) electrons. The molecule has 1 aliphatic carbocycles. The number of pyridine rings is 1. The highest BCUT2D eigenvalue weighted by Gasteiger charge is 2.28. The van der Waals surface area contributed by atoms with Gasteiger partial charge in [0.25, 0.3) is 11.5 Å². The van der Waals surface area contributed by atoms with E-state index in [1.165, 1.54) is 6.07 Å². The number of halogens is 1. The first-order valence-corrected chi connectivity index (χ1v) is 9.30. The van der Waals surface area contributed by atoms with Crippen molar-refractivity contribution in [3.63, 3.8) is 0 Å². The molecular weight excluding hydrogens is 376 g/mol. The summed E-state index contributed by atoms with van der Waals surface area (Å²) in [6.07, 6.45) is 0.898. The van der Waals surface area contributed by atoms with E-state index in [-0.39, 0.29) is 17.3 Å². The number of aromatic nitrogens is 1. The Balaban J connectivity index is 1.63. The number of rotatable bonds is 3. The van der Waals surface area contributed by atoms with Gasteiger partial charge in [-0.1, -0.05) is 48.0 Å². The molecule has 1 atom stereocenters. The number of carbonyl (C=O) groups is 2. The van der Waals surface area contributed by atoms with Crippen LogP contribution in [0.2, 0.25) is 5.02 Å². The van der Waals surface area contributed by atoms with Crippen molar-refractivity contribution in [1.82, 2.24) is 4.98 Å². The van der Waals surface area contributed by atoms with Crippen LogP contribution in [0.5, 0.6) is 0 Å². The van der Waals surface area contributed by atoms with Gasteiger partial charge in [0, 0.05) is 28.4 Å². The van der Waals surface area contributed by atoms with Crippen LogP contribution < -0.4 is 10.9 Å². The van der Waals surface area contributed by atoms with E-state index in [4.69, 9.17) is 11.6 Å². The maximum absolute atomic E-state index is 12.7. The molecule has 0 bridgehead atoms. The number of hydrogen-bond donors (Lipinski definition) is 2. The van der Waals surface area contributed by atoms with E-state index in [0.717, 1.165) is 5.56 Å². The summed E-state index contributed by atoms with van der Waals surface area (Å²) in [6.45, 7) is 0. The molecule has 0 fully saturated rings. The minimum absolute atomic E-state index is 0.0167. The van der Waals surface area contributed by atoms with Crippen molar-refractivity contribution in [2.75, 3.05) is 5.32 Å². The average molecular weight is 393 g/mol. The molecule has 5 nitrogen and oxygen atoms in total. The molecule has 0 unspecified atom stereocenters. The molecule has 1 heterocycles. The Morgan fingerprint density at radius 1 is 1.00 bits per heavy atom. The molecule has 28 heavy (non-hydrogen) atoms. The van der Waals surface area contributed by atoms with Crippen LogP contribution in [0.4, 0.5) is 5.69 Å². The first-order valence-electron chi connectivity index (χ1n) is 8.92. The van der Waals surface area contributed by atoms with E-state index in [9.17, 15) is 14.4 Å². The van der Waals surface area contributed by atoms with Gasteiger partial charge in [-0.2, -0.15) is 0 Å². The van der Waals surface area contributed by atoms with Gasteiger partial charge in [-0.15, -0.1) is 0 Å². The van der Waals surface area contributed by atoms with Gasteiger partial charge in [0.15, 0.2) is 5.78 Å². The molecule has 6 heteroatoms. The Hall–Kier alpha value is -3.18. The highest BCUT2D eigenvalue weighted by molar-refractivity contribution is 6.31. The average Bonchev–Trinajstić information content (AvgIpc) is 2.68. The van der Waals surface area contributed by atoms with Crippen molar-refractivity contribution in [3.8, 4) is 0 Å². The zero-order chi connectivity index (χ0) is 19.7. The molecule has 0 saturated carbocycles. The molecule has 4 rings (SSSR count). The van der Waals surface area contributed by atoms with Gasteiger partial charge in [-0.25, -0.2) is 0 Å². The van der Waals surface area contributed by atoms with E-state index < -0.39 is 11.5 Å². The highest BCUT2D eigenvalue weighted by atomic mass is 35.5. The van der Waals surface area contributed by atoms with Crippen LogP contribution in [0.15, 0.2) is 65.5 Å². The fourth-order valence-electron chi connectivity index (χ4n) is 3.53. The summed E-state index contributed by atoms with van der Waals surface area (Å²) < 4.78 is 0. The zero-order valence-corrected chi connectivity index (χ0v) is 15.6. The van der Waals surface area contributed by atoms with E-state index in [1.54, 1.807) is 24.3 Å². The number of aromatic amines is 1. The summed E-state index contributed by atoms with van der Waals surface area (Å²) in [6, 6.07) is 17.8. The van der Waals surface area contributed by atoms with Crippen LogP contribution in [0.3, 0.4) is 0 Å². The number of anilines is 1. The molecule has 1 amide bonds. The number of carbonyl (C=O) groups excluding carboxylic acids is 2. The summed E-state index contributed by atoms with van der Waals surface area (Å²) in [5.41, 5.74) is 1.91. The maximum atomic E-state index is 12.7. The molecule has 1 aliphatic rings. The second-order valence-electron chi connectivity index (χ2n) is 6.81. The summed E-state index contributed by atoms with van der Waals surface area (Å²) >= 11 is 5.92. The molecular formula is C22H17ClN2O3. The minimum Gasteiger partial charge on any atom is -0.325 e. The lowest BCUT2D eigenvalue weighted by atomic mass is 9.81. The normalized spacial score (nSPS) is 15.8. The number of hydrogen-bond acceptors (Lipinski definition) is 3. The third-order valence-electron chi connectivity index (χ3n) is 4.90. The smallest absolute Gasteiger partial charge is 0.261 e. The molecule has 1 aromatic heterocycles. The van der Waals surface area contributed by atoms with Crippen LogP contribution in [-0.2, 0) is 6.42 Å². The Bertz CT molecular complexity index is 1120. The second-order valence-corrected chi connectivity index (χ2v) is 7.24. The fourth-order valence-corrected chi connectivity index (χ4v) is 3.72. The minimum atomic E-state index is -0.579. The predicted octanol–water partition coefficient (Wildman–Crippen LogP) is 4.19. The summed E-state index contributed by atoms with van der Waals surface area (Å²) in [5, 5.41) is 3.11.